The Morgan fingerprint density at radius 1 is 0.933 bits per heavy atom. The fraction of sp³-hybridized carbons (Fsp3) is 0.528. The van der Waals surface area contributed by atoms with Gasteiger partial charge in [-0.2, -0.15) is 0 Å². The van der Waals surface area contributed by atoms with E-state index in [1.165, 1.54) is 23.6 Å². The summed E-state index contributed by atoms with van der Waals surface area (Å²) >= 11 is 0. The minimum Gasteiger partial charge on any atom is -0.466 e. The zero-order valence-electron chi connectivity index (χ0n) is 28.7. The van der Waals surface area contributed by atoms with Crippen LogP contribution >= 0.6 is 0 Å². The number of rotatable bonds is 16. The molecule has 0 amide bonds. The summed E-state index contributed by atoms with van der Waals surface area (Å²) in [5.41, 5.74) is 0. The van der Waals surface area contributed by atoms with Crippen molar-refractivity contribution >= 4 is 32.7 Å². The number of carbonyl (C=O) groups is 1. The molecular weight excluding hydrogens is 601 g/mol. The molecule has 0 unspecified atom stereocenters. The van der Waals surface area contributed by atoms with Crippen LogP contribution in [-0.2, 0) is 32.9 Å². The molecule has 2 aromatic carbocycles. The van der Waals surface area contributed by atoms with Gasteiger partial charge in [0.15, 0.2) is 5.79 Å². The van der Waals surface area contributed by atoms with Crippen LogP contribution in [0.5, 0.6) is 0 Å². The lowest BCUT2D eigenvalue weighted by Gasteiger charge is -2.45. The van der Waals surface area contributed by atoms with E-state index in [0.717, 1.165) is 6.04 Å². The first kappa shape index (κ1) is 37.1. The summed E-state index contributed by atoms with van der Waals surface area (Å²) in [4.78, 5) is 11.8. The van der Waals surface area contributed by atoms with E-state index in [4.69, 9.17) is 28.1 Å². The number of benzene rings is 2. The first-order chi connectivity index (χ1) is 21.2. The fourth-order valence-corrected chi connectivity index (χ4v) is 11.0. The molecule has 45 heavy (non-hydrogen) atoms. The first-order valence-corrected chi connectivity index (χ1v) is 21.5. The Bertz CT molecular complexity index is 1190. The molecule has 0 spiro atoms. The van der Waals surface area contributed by atoms with Crippen molar-refractivity contribution in [2.24, 2.45) is 0 Å². The van der Waals surface area contributed by atoms with Gasteiger partial charge in [-0.05, 0) is 41.7 Å². The average molecular weight is 655 g/mol. The van der Waals surface area contributed by atoms with Crippen molar-refractivity contribution in [2.45, 2.75) is 95.9 Å². The van der Waals surface area contributed by atoms with Crippen molar-refractivity contribution in [2.75, 3.05) is 27.1 Å². The highest BCUT2D eigenvalue weighted by atomic mass is 28.4. The SMILES string of the molecule is COC(=O)/C=C\C[C@H]1OC(C)(C)O[C@H]1[C@H](/C=C/COCOCC[Si](C)(C)C)O[Si](c1ccccc1)(c1ccccc1)C(C)(C)C. The number of methoxy groups -OCH3 is 1. The zero-order chi connectivity index (χ0) is 33.1. The van der Waals surface area contributed by atoms with Gasteiger partial charge in [-0.15, -0.1) is 0 Å². The second kappa shape index (κ2) is 16.4. The molecule has 2 aromatic rings. The van der Waals surface area contributed by atoms with Crippen LogP contribution < -0.4 is 10.4 Å². The van der Waals surface area contributed by atoms with Crippen LogP contribution in [0, 0.1) is 0 Å². The van der Waals surface area contributed by atoms with Gasteiger partial charge in [-0.25, -0.2) is 4.79 Å². The lowest BCUT2D eigenvalue weighted by molar-refractivity contribution is -0.151. The van der Waals surface area contributed by atoms with Crippen LogP contribution in [0.15, 0.2) is 85.0 Å². The van der Waals surface area contributed by atoms with Crippen molar-refractivity contribution in [1.82, 2.24) is 0 Å². The maximum absolute atomic E-state index is 11.8. The van der Waals surface area contributed by atoms with E-state index in [9.17, 15) is 4.79 Å². The average Bonchev–Trinajstić information content (AvgIpc) is 3.29. The van der Waals surface area contributed by atoms with Gasteiger partial charge >= 0.3 is 5.97 Å². The largest absolute Gasteiger partial charge is 0.466 e. The highest BCUT2D eigenvalue weighted by molar-refractivity contribution is 6.99. The molecule has 248 valence electrons. The lowest BCUT2D eigenvalue weighted by atomic mass is 10.0. The minimum absolute atomic E-state index is 0.238. The summed E-state index contributed by atoms with van der Waals surface area (Å²) in [5, 5.41) is 2.11. The second-order valence-electron chi connectivity index (χ2n) is 14.2. The molecule has 1 fully saturated rings. The third-order valence-electron chi connectivity index (χ3n) is 7.80. The van der Waals surface area contributed by atoms with Gasteiger partial charge in [-0.1, -0.05) is 119 Å². The standard InChI is InChI=1S/C36H54O7Si2/c1-35(2,3)45(29-18-12-10-13-19-29,30-20-14-11-15-21-30)43-32(23-17-25-39-28-40-26-27-44(7,8)9)34-31(41-36(4,5)42-34)22-16-24-33(37)38-6/h10-21,23-24,31-32,34H,22,25-28H2,1-9H3/b23-17+,24-16-/t31-,32+,34-/m1/s1. The lowest BCUT2D eigenvalue weighted by Crippen LogP contribution is -2.68. The molecule has 1 saturated heterocycles. The summed E-state index contributed by atoms with van der Waals surface area (Å²) in [6.07, 6.45) is 6.40. The van der Waals surface area contributed by atoms with Gasteiger partial charge in [0.1, 0.15) is 12.9 Å². The smallest absolute Gasteiger partial charge is 0.330 e. The summed E-state index contributed by atoms with van der Waals surface area (Å²) in [7, 11) is -2.75. The van der Waals surface area contributed by atoms with Gasteiger partial charge in [-0.3, -0.25) is 0 Å². The third-order valence-corrected chi connectivity index (χ3v) is 14.5. The first-order valence-electron chi connectivity index (χ1n) is 15.9. The molecule has 0 bridgehead atoms. The Hall–Kier alpha value is -2.38. The molecule has 9 heteroatoms. The Kier molecular flexibility index (Phi) is 13.6. The summed E-state index contributed by atoms with van der Waals surface area (Å²) < 4.78 is 36.9. The third kappa shape index (κ3) is 10.8. The maximum Gasteiger partial charge on any atom is 0.330 e. The minimum atomic E-state index is -2.96. The van der Waals surface area contributed by atoms with Crippen LogP contribution in [0.2, 0.25) is 30.7 Å². The highest BCUT2D eigenvalue weighted by Crippen LogP contribution is 2.40. The van der Waals surface area contributed by atoms with Gasteiger partial charge in [0.2, 0.25) is 0 Å². The van der Waals surface area contributed by atoms with E-state index < -0.39 is 40.4 Å². The summed E-state index contributed by atoms with van der Waals surface area (Å²) in [6.45, 7) is 18.9. The molecular formula is C36H54O7Si2. The Balaban J connectivity index is 1.99. The second-order valence-corrected chi connectivity index (χ2v) is 24.1. The van der Waals surface area contributed by atoms with Crippen LogP contribution in [0.4, 0.5) is 0 Å². The Labute approximate surface area is 273 Å². The molecule has 7 nitrogen and oxygen atoms in total. The molecule has 0 N–H and O–H groups in total. The molecule has 0 saturated carbocycles. The van der Waals surface area contributed by atoms with Crippen molar-refractivity contribution in [1.29, 1.82) is 0 Å². The van der Waals surface area contributed by atoms with E-state index >= 15 is 0 Å². The van der Waals surface area contributed by atoms with Crippen molar-refractivity contribution in [3.8, 4) is 0 Å². The summed E-state index contributed by atoms with van der Waals surface area (Å²) in [5.74, 6) is -1.25. The van der Waals surface area contributed by atoms with Crippen molar-refractivity contribution in [3.05, 3.63) is 85.0 Å². The van der Waals surface area contributed by atoms with Gasteiger partial charge < -0.3 is 28.1 Å². The number of hydrogen-bond donors (Lipinski definition) is 0. The van der Waals surface area contributed by atoms with Crippen LogP contribution in [0.3, 0.4) is 0 Å². The topological polar surface area (TPSA) is 72.5 Å². The van der Waals surface area contributed by atoms with E-state index in [1.807, 2.05) is 38.1 Å². The van der Waals surface area contributed by atoms with E-state index in [-0.39, 0.29) is 17.9 Å². The predicted molar refractivity (Wildman–Crippen MR) is 186 cm³/mol. The van der Waals surface area contributed by atoms with Crippen molar-refractivity contribution < 1.29 is 32.9 Å². The Morgan fingerprint density at radius 2 is 1.53 bits per heavy atom. The molecule has 0 aliphatic carbocycles. The zero-order valence-corrected chi connectivity index (χ0v) is 30.7. The summed E-state index contributed by atoms with van der Waals surface area (Å²) in [6, 6.07) is 22.2. The van der Waals surface area contributed by atoms with Crippen LogP contribution in [0.25, 0.3) is 0 Å². The quantitative estimate of drug-likeness (QED) is 0.0514. The molecule has 1 aliphatic heterocycles. The maximum atomic E-state index is 11.8. The molecule has 3 rings (SSSR count). The number of carbonyl (C=O) groups excluding carboxylic acids is 1. The molecule has 1 aliphatic rings. The molecule has 0 aromatic heterocycles. The van der Waals surface area contributed by atoms with Crippen molar-refractivity contribution in [3.63, 3.8) is 0 Å². The monoisotopic (exact) mass is 654 g/mol. The normalized spacial score (nSPS) is 19.8. The van der Waals surface area contributed by atoms with Gasteiger partial charge in [0.25, 0.3) is 8.32 Å². The fourth-order valence-electron chi connectivity index (χ4n) is 5.60. The van der Waals surface area contributed by atoms with E-state index in [1.54, 1.807) is 6.08 Å². The van der Waals surface area contributed by atoms with E-state index in [2.05, 4.69) is 88.9 Å². The van der Waals surface area contributed by atoms with Crippen LogP contribution in [-0.4, -0.2) is 73.6 Å². The van der Waals surface area contributed by atoms with Gasteiger partial charge in [0.05, 0.1) is 25.9 Å². The predicted octanol–water partition coefficient (Wildman–Crippen LogP) is 6.46. The number of ether oxygens (including phenoxy) is 5. The number of esters is 1. The molecule has 3 atom stereocenters. The van der Waals surface area contributed by atoms with Crippen LogP contribution in [0.1, 0.15) is 41.0 Å². The Morgan fingerprint density at radius 3 is 2.07 bits per heavy atom. The van der Waals surface area contributed by atoms with Gasteiger partial charge in [0, 0.05) is 20.8 Å². The number of hydrogen-bond acceptors (Lipinski definition) is 7. The highest BCUT2D eigenvalue weighted by Gasteiger charge is 2.54. The molecule has 1 heterocycles. The van der Waals surface area contributed by atoms with E-state index in [0.29, 0.717) is 19.6 Å². The molecule has 0 radical (unpaired) electrons.